The van der Waals surface area contributed by atoms with Gasteiger partial charge in [0.05, 0.1) is 19.3 Å². The fraction of sp³-hybridized carbons (Fsp3) is 0.300. The Kier molecular flexibility index (Phi) is 3.59. The molecule has 76 valence electrons. The maximum Gasteiger partial charge on any atom is 0.337 e. The van der Waals surface area contributed by atoms with Crippen molar-refractivity contribution in [3.05, 3.63) is 35.4 Å². The summed E-state index contributed by atoms with van der Waals surface area (Å²) >= 11 is 0. The first-order valence-corrected chi connectivity index (χ1v) is 4.12. The molecule has 0 aliphatic rings. The number of halogens is 1. The lowest BCUT2D eigenvalue weighted by molar-refractivity contribution is 0.0600. The summed E-state index contributed by atoms with van der Waals surface area (Å²) in [7, 11) is 1.28. The van der Waals surface area contributed by atoms with Gasteiger partial charge in [0.1, 0.15) is 6.17 Å². The molecular weight excluding hydrogens is 187 g/mol. The molecule has 0 aliphatic heterocycles. The number of rotatable bonds is 3. The van der Waals surface area contributed by atoms with Crippen LogP contribution in [0.1, 0.15) is 22.1 Å². The molecule has 1 unspecified atom stereocenters. The summed E-state index contributed by atoms with van der Waals surface area (Å²) < 4.78 is 17.4. The highest BCUT2D eigenvalue weighted by molar-refractivity contribution is 5.89. The standard InChI is InChI=1S/C10H11FO3/c1-14-10(13)8-4-2-7(3-5-8)9(11)6-12/h2-5,9,12H,6H2,1H3. The highest BCUT2D eigenvalue weighted by atomic mass is 19.1. The van der Waals surface area contributed by atoms with Gasteiger partial charge in [-0.25, -0.2) is 9.18 Å². The van der Waals surface area contributed by atoms with Gasteiger partial charge in [-0.05, 0) is 17.7 Å². The summed E-state index contributed by atoms with van der Waals surface area (Å²) in [5.74, 6) is -0.462. The molecule has 0 spiro atoms. The minimum Gasteiger partial charge on any atom is -0.465 e. The van der Waals surface area contributed by atoms with Crippen LogP contribution in [-0.4, -0.2) is 24.8 Å². The summed E-state index contributed by atoms with van der Waals surface area (Å²) in [5.41, 5.74) is 0.710. The molecule has 1 aromatic carbocycles. The van der Waals surface area contributed by atoms with Crippen LogP contribution in [0.2, 0.25) is 0 Å². The zero-order valence-electron chi connectivity index (χ0n) is 7.74. The molecule has 1 N–H and O–H groups in total. The third kappa shape index (κ3) is 2.29. The van der Waals surface area contributed by atoms with Crippen molar-refractivity contribution in [1.82, 2.24) is 0 Å². The normalized spacial score (nSPS) is 12.2. The van der Waals surface area contributed by atoms with Crippen LogP contribution in [0.15, 0.2) is 24.3 Å². The van der Waals surface area contributed by atoms with Crippen LogP contribution >= 0.6 is 0 Å². The van der Waals surface area contributed by atoms with E-state index in [1.807, 2.05) is 0 Å². The molecule has 1 rings (SSSR count). The summed E-state index contributed by atoms with van der Waals surface area (Å²) in [6.07, 6.45) is -1.40. The first kappa shape index (κ1) is 10.7. The minimum atomic E-state index is -1.40. The molecule has 0 fully saturated rings. The highest BCUT2D eigenvalue weighted by Crippen LogP contribution is 2.17. The zero-order valence-corrected chi connectivity index (χ0v) is 7.74. The molecule has 0 heterocycles. The van der Waals surface area contributed by atoms with Crippen molar-refractivity contribution >= 4 is 5.97 Å². The maximum absolute atomic E-state index is 12.9. The summed E-state index contributed by atoms with van der Waals surface area (Å²) in [6.45, 7) is -0.558. The maximum atomic E-state index is 12.9. The Labute approximate surface area is 81.1 Å². The number of hydrogen-bond acceptors (Lipinski definition) is 3. The Morgan fingerprint density at radius 2 is 2.07 bits per heavy atom. The molecule has 1 atom stereocenters. The summed E-state index contributed by atoms with van der Waals surface area (Å²) in [5, 5.41) is 8.55. The van der Waals surface area contributed by atoms with Crippen LogP contribution in [0.4, 0.5) is 4.39 Å². The van der Waals surface area contributed by atoms with Crippen LogP contribution in [0, 0.1) is 0 Å². The van der Waals surface area contributed by atoms with E-state index >= 15 is 0 Å². The number of hydrogen-bond donors (Lipinski definition) is 1. The predicted molar refractivity (Wildman–Crippen MR) is 48.7 cm³/mol. The van der Waals surface area contributed by atoms with Crippen LogP contribution in [0.5, 0.6) is 0 Å². The van der Waals surface area contributed by atoms with Crippen molar-refractivity contribution < 1.29 is 19.0 Å². The molecule has 14 heavy (non-hydrogen) atoms. The lowest BCUT2D eigenvalue weighted by atomic mass is 10.1. The first-order chi connectivity index (χ1) is 6.69. The smallest absolute Gasteiger partial charge is 0.337 e. The second kappa shape index (κ2) is 4.72. The van der Waals surface area contributed by atoms with Gasteiger partial charge in [-0.15, -0.1) is 0 Å². The first-order valence-electron chi connectivity index (χ1n) is 4.12. The number of aliphatic hydroxyl groups is 1. The molecule has 0 saturated carbocycles. The number of carbonyl (C=O) groups is 1. The number of esters is 1. The van der Waals surface area contributed by atoms with Gasteiger partial charge in [-0.3, -0.25) is 0 Å². The van der Waals surface area contributed by atoms with Crippen molar-refractivity contribution in [2.75, 3.05) is 13.7 Å². The molecule has 0 saturated heterocycles. The lowest BCUT2D eigenvalue weighted by Crippen LogP contribution is -2.02. The Hall–Kier alpha value is -1.42. The van der Waals surface area contributed by atoms with E-state index in [9.17, 15) is 9.18 Å². The van der Waals surface area contributed by atoms with Crippen molar-refractivity contribution in [2.45, 2.75) is 6.17 Å². The largest absolute Gasteiger partial charge is 0.465 e. The number of ether oxygens (including phenoxy) is 1. The van der Waals surface area contributed by atoms with Gasteiger partial charge in [-0.2, -0.15) is 0 Å². The molecule has 0 aliphatic carbocycles. The Morgan fingerprint density at radius 3 is 2.50 bits per heavy atom. The Morgan fingerprint density at radius 1 is 1.50 bits per heavy atom. The van der Waals surface area contributed by atoms with E-state index in [-0.39, 0.29) is 0 Å². The number of benzene rings is 1. The van der Waals surface area contributed by atoms with Crippen molar-refractivity contribution in [1.29, 1.82) is 0 Å². The molecule has 1 aromatic rings. The second-order valence-corrected chi connectivity index (χ2v) is 2.76. The fourth-order valence-corrected chi connectivity index (χ4v) is 1.05. The van der Waals surface area contributed by atoms with Gasteiger partial charge in [0.25, 0.3) is 0 Å². The second-order valence-electron chi connectivity index (χ2n) is 2.76. The average molecular weight is 198 g/mol. The van der Waals surface area contributed by atoms with E-state index in [0.29, 0.717) is 11.1 Å². The SMILES string of the molecule is COC(=O)c1ccc(C(F)CO)cc1. The lowest BCUT2D eigenvalue weighted by Gasteiger charge is -2.05. The molecule has 0 radical (unpaired) electrons. The average Bonchev–Trinajstić information content (AvgIpc) is 2.27. The van der Waals surface area contributed by atoms with Crippen molar-refractivity contribution in [3.63, 3.8) is 0 Å². The summed E-state index contributed by atoms with van der Waals surface area (Å²) in [6, 6.07) is 5.83. The molecule has 3 nitrogen and oxygen atoms in total. The molecule has 0 amide bonds. The quantitative estimate of drug-likeness (QED) is 0.748. The monoisotopic (exact) mass is 198 g/mol. The van der Waals surface area contributed by atoms with E-state index < -0.39 is 18.7 Å². The molecule has 4 heteroatoms. The van der Waals surface area contributed by atoms with Crippen LogP contribution in [0.25, 0.3) is 0 Å². The number of methoxy groups -OCH3 is 1. The van der Waals surface area contributed by atoms with Gasteiger partial charge in [0.15, 0.2) is 0 Å². The van der Waals surface area contributed by atoms with E-state index in [1.54, 1.807) is 0 Å². The van der Waals surface area contributed by atoms with E-state index in [0.717, 1.165) is 0 Å². The topological polar surface area (TPSA) is 46.5 Å². The van der Waals surface area contributed by atoms with E-state index in [1.165, 1.54) is 31.4 Å². The number of carbonyl (C=O) groups excluding carboxylic acids is 1. The third-order valence-electron chi connectivity index (χ3n) is 1.85. The molecular formula is C10H11FO3. The zero-order chi connectivity index (χ0) is 10.6. The molecule has 0 bridgehead atoms. The van der Waals surface area contributed by atoms with Crippen molar-refractivity contribution in [2.24, 2.45) is 0 Å². The molecule has 0 aromatic heterocycles. The van der Waals surface area contributed by atoms with Gasteiger partial charge in [0, 0.05) is 0 Å². The summed E-state index contributed by atoms with van der Waals surface area (Å²) in [4.78, 5) is 11.0. The van der Waals surface area contributed by atoms with Gasteiger partial charge >= 0.3 is 5.97 Å². The van der Waals surface area contributed by atoms with Crippen LogP contribution < -0.4 is 0 Å². The van der Waals surface area contributed by atoms with Gasteiger partial charge in [0.2, 0.25) is 0 Å². The Balaban J connectivity index is 2.83. The predicted octanol–water partition coefficient (Wildman–Crippen LogP) is 1.48. The van der Waals surface area contributed by atoms with Crippen LogP contribution in [0.3, 0.4) is 0 Å². The Bertz CT molecular complexity index is 308. The number of aliphatic hydroxyl groups excluding tert-OH is 1. The highest BCUT2D eigenvalue weighted by Gasteiger charge is 2.09. The third-order valence-corrected chi connectivity index (χ3v) is 1.85. The van der Waals surface area contributed by atoms with Gasteiger partial charge < -0.3 is 9.84 Å². The van der Waals surface area contributed by atoms with Gasteiger partial charge in [-0.1, -0.05) is 12.1 Å². The van der Waals surface area contributed by atoms with E-state index in [4.69, 9.17) is 5.11 Å². The van der Waals surface area contributed by atoms with E-state index in [2.05, 4.69) is 4.74 Å². The number of alkyl halides is 1. The fourth-order valence-electron chi connectivity index (χ4n) is 1.05. The van der Waals surface area contributed by atoms with Crippen molar-refractivity contribution in [3.8, 4) is 0 Å². The minimum absolute atomic E-state index is 0.347. The van der Waals surface area contributed by atoms with Crippen LogP contribution in [-0.2, 0) is 4.74 Å².